The van der Waals surface area contributed by atoms with Crippen LogP contribution < -0.4 is 10.3 Å². The van der Waals surface area contributed by atoms with Gasteiger partial charge in [0.25, 0.3) is 5.56 Å². The molecule has 21 heavy (non-hydrogen) atoms. The molecule has 0 amide bonds. The van der Waals surface area contributed by atoms with Gasteiger partial charge in [0.2, 0.25) is 0 Å². The number of hydrogen-bond donors (Lipinski definition) is 1. The molecule has 0 radical (unpaired) electrons. The second kappa shape index (κ2) is 6.07. The molecule has 0 aliphatic heterocycles. The Morgan fingerprint density at radius 1 is 1.29 bits per heavy atom. The zero-order valence-electron chi connectivity index (χ0n) is 11.5. The highest BCUT2D eigenvalue weighted by atomic mass is 32.1. The van der Waals surface area contributed by atoms with Gasteiger partial charge >= 0.3 is 0 Å². The molecule has 0 saturated heterocycles. The van der Waals surface area contributed by atoms with Crippen molar-refractivity contribution in [2.24, 2.45) is 0 Å². The quantitative estimate of drug-likeness (QED) is 0.736. The number of thiophene rings is 1. The lowest BCUT2D eigenvalue weighted by Crippen LogP contribution is -2.08. The van der Waals surface area contributed by atoms with Gasteiger partial charge in [-0.05, 0) is 23.6 Å². The first-order valence-corrected chi connectivity index (χ1v) is 7.35. The Labute approximate surface area is 125 Å². The van der Waals surface area contributed by atoms with Crippen LogP contribution >= 0.6 is 11.3 Å². The summed E-state index contributed by atoms with van der Waals surface area (Å²) in [6.45, 7) is 1.01. The Kier molecular flexibility index (Phi) is 3.98. The first-order chi connectivity index (χ1) is 10.3. The Hall–Kier alpha value is -2.18. The number of fused-ring (bicyclic) bond motifs is 1. The Morgan fingerprint density at radius 2 is 2.19 bits per heavy atom. The van der Waals surface area contributed by atoms with E-state index in [-0.39, 0.29) is 5.56 Å². The first kappa shape index (κ1) is 13.8. The normalized spacial score (nSPS) is 10.9. The van der Waals surface area contributed by atoms with Crippen molar-refractivity contribution in [1.29, 1.82) is 0 Å². The van der Waals surface area contributed by atoms with E-state index < -0.39 is 0 Å². The van der Waals surface area contributed by atoms with Crippen LogP contribution in [0.4, 0.5) is 0 Å². The average Bonchev–Trinajstić information content (AvgIpc) is 2.97. The summed E-state index contributed by atoms with van der Waals surface area (Å²) in [5.74, 6) is 1.26. The van der Waals surface area contributed by atoms with E-state index in [4.69, 9.17) is 9.47 Å². The highest BCUT2D eigenvalue weighted by molar-refractivity contribution is 7.17. The van der Waals surface area contributed by atoms with E-state index in [0.29, 0.717) is 29.3 Å². The Balaban J connectivity index is 1.94. The number of nitrogens with zero attached hydrogens (tertiary/aromatic N) is 1. The fraction of sp³-hybridized carbons (Fsp3) is 0.200. The third-order valence-electron chi connectivity index (χ3n) is 2.98. The monoisotopic (exact) mass is 302 g/mol. The van der Waals surface area contributed by atoms with Crippen LogP contribution in [-0.4, -0.2) is 30.3 Å². The SMILES string of the molecule is COCCOc1cccc(-c2nc3ccsc3c(=O)[nH]2)c1. The molecule has 3 rings (SSSR count). The molecule has 6 heteroatoms. The van der Waals surface area contributed by atoms with Crippen LogP contribution in [0.2, 0.25) is 0 Å². The predicted molar refractivity (Wildman–Crippen MR) is 83.0 cm³/mol. The van der Waals surface area contributed by atoms with E-state index in [1.54, 1.807) is 7.11 Å². The van der Waals surface area contributed by atoms with E-state index in [9.17, 15) is 4.79 Å². The summed E-state index contributed by atoms with van der Waals surface area (Å²) in [6.07, 6.45) is 0. The van der Waals surface area contributed by atoms with E-state index in [0.717, 1.165) is 11.3 Å². The zero-order valence-corrected chi connectivity index (χ0v) is 12.3. The van der Waals surface area contributed by atoms with Crippen molar-refractivity contribution in [2.45, 2.75) is 0 Å². The van der Waals surface area contributed by atoms with Gasteiger partial charge in [-0.2, -0.15) is 0 Å². The first-order valence-electron chi connectivity index (χ1n) is 6.47. The topological polar surface area (TPSA) is 64.2 Å². The van der Waals surface area contributed by atoms with E-state index >= 15 is 0 Å². The molecule has 0 saturated carbocycles. The third-order valence-corrected chi connectivity index (χ3v) is 3.88. The number of hydrogen-bond acceptors (Lipinski definition) is 5. The zero-order chi connectivity index (χ0) is 14.7. The van der Waals surface area contributed by atoms with Gasteiger partial charge in [0.15, 0.2) is 0 Å². The fourth-order valence-electron chi connectivity index (χ4n) is 1.99. The summed E-state index contributed by atoms with van der Waals surface area (Å²) in [6, 6.07) is 9.32. The minimum absolute atomic E-state index is 0.115. The maximum absolute atomic E-state index is 12.0. The molecule has 1 N–H and O–H groups in total. The van der Waals surface area contributed by atoms with Crippen LogP contribution in [0.3, 0.4) is 0 Å². The summed E-state index contributed by atoms with van der Waals surface area (Å²) < 4.78 is 11.2. The highest BCUT2D eigenvalue weighted by Crippen LogP contribution is 2.22. The number of ether oxygens (including phenoxy) is 2. The summed E-state index contributed by atoms with van der Waals surface area (Å²) in [7, 11) is 1.63. The lowest BCUT2D eigenvalue weighted by molar-refractivity contribution is 0.146. The number of aromatic nitrogens is 2. The molecule has 0 bridgehead atoms. The number of nitrogens with one attached hydrogen (secondary N) is 1. The van der Waals surface area contributed by atoms with Crippen molar-refractivity contribution in [1.82, 2.24) is 9.97 Å². The average molecular weight is 302 g/mol. The lowest BCUT2D eigenvalue weighted by Gasteiger charge is -2.07. The van der Waals surface area contributed by atoms with Crippen molar-refractivity contribution >= 4 is 21.6 Å². The molecule has 0 aliphatic carbocycles. The summed E-state index contributed by atoms with van der Waals surface area (Å²) in [4.78, 5) is 19.3. The van der Waals surface area contributed by atoms with Crippen molar-refractivity contribution in [2.75, 3.05) is 20.3 Å². The van der Waals surface area contributed by atoms with Gasteiger partial charge in [-0.1, -0.05) is 12.1 Å². The second-order valence-electron chi connectivity index (χ2n) is 4.42. The fourth-order valence-corrected chi connectivity index (χ4v) is 2.71. The van der Waals surface area contributed by atoms with E-state index in [2.05, 4.69) is 9.97 Å². The van der Waals surface area contributed by atoms with E-state index in [1.165, 1.54) is 11.3 Å². The molecule has 1 aromatic carbocycles. The van der Waals surface area contributed by atoms with Crippen LogP contribution in [-0.2, 0) is 4.74 Å². The molecule has 3 aromatic rings. The van der Waals surface area contributed by atoms with E-state index in [1.807, 2.05) is 35.7 Å². The van der Waals surface area contributed by atoms with Crippen molar-refractivity contribution in [3.8, 4) is 17.1 Å². The van der Waals surface area contributed by atoms with Crippen LogP contribution in [0.15, 0.2) is 40.5 Å². The number of benzene rings is 1. The van der Waals surface area contributed by atoms with Gasteiger partial charge in [0.1, 0.15) is 22.9 Å². The Bertz CT molecular complexity index is 810. The summed E-state index contributed by atoms with van der Waals surface area (Å²) in [5, 5.41) is 1.86. The summed E-state index contributed by atoms with van der Waals surface area (Å²) in [5.41, 5.74) is 1.41. The molecule has 0 fully saturated rings. The van der Waals surface area contributed by atoms with Crippen LogP contribution in [0, 0.1) is 0 Å². The second-order valence-corrected chi connectivity index (χ2v) is 5.33. The van der Waals surface area contributed by atoms with Gasteiger partial charge in [0.05, 0.1) is 12.1 Å². The standard InChI is InChI=1S/C15H14N2O3S/c1-19-6-7-20-11-4-2-3-10(9-11)14-16-12-5-8-21-13(12)15(18)17-14/h2-5,8-9H,6-7H2,1H3,(H,16,17,18). The number of H-pyrrole nitrogens is 1. The highest BCUT2D eigenvalue weighted by Gasteiger charge is 2.07. The van der Waals surface area contributed by atoms with Crippen LogP contribution in [0.5, 0.6) is 5.75 Å². The van der Waals surface area contributed by atoms with Gasteiger partial charge in [0, 0.05) is 12.7 Å². The molecule has 2 aromatic heterocycles. The molecule has 108 valence electrons. The maximum atomic E-state index is 12.0. The third kappa shape index (κ3) is 2.96. The number of rotatable bonds is 5. The minimum Gasteiger partial charge on any atom is -0.491 e. The summed E-state index contributed by atoms with van der Waals surface area (Å²) >= 11 is 1.39. The van der Waals surface area contributed by atoms with Crippen LogP contribution in [0.1, 0.15) is 0 Å². The predicted octanol–water partition coefficient (Wildman–Crippen LogP) is 2.68. The molecule has 2 heterocycles. The van der Waals surface area contributed by atoms with Gasteiger partial charge in [-0.25, -0.2) is 4.98 Å². The maximum Gasteiger partial charge on any atom is 0.269 e. The number of aromatic amines is 1. The Morgan fingerprint density at radius 3 is 3.05 bits per heavy atom. The van der Waals surface area contributed by atoms with Gasteiger partial charge < -0.3 is 14.5 Å². The lowest BCUT2D eigenvalue weighted by atomic mass is 10.2. The molecule has 0 atom stereocenters. The number of methoxy groups -OCH3 is 1. The van der Waals surface area contributed by atoms with Crippen molar-refractivity contribution < 1.29 is 9.47 Å². The van der Waals surface area contributed by atoms with Crippen molar-refractivity contribution in [3.63, 3.8) is 0 Å². The molecule has 0 aliphatic rings. The van der Waals surface area contributed by atoms with Gasteiger partial charge in [-0.3, -0.25) is 4.79 Å². The van der Waals surface area contributed by atoms with Crippen LogP contribution in [0.25, 0.3) is 21.6 Å². The molecular formula is C15H14N2O3S. The molecule has 5 nitrogen and oxygen atoms in total. The molecule has 0 unspecified atom stereocenters. The minimum atomic E-state index is -0.115. The molecule has 0 spiro atoms. The van der Waals surface area contributed by atoms with Crippen molar-refractivity contribution in [3.05, 3.63) is 46.1 Å². The smallest absolute Gasteiger partial charge is 0.269 e. The largest absolute Gasteiger partial charge is 0.491 e. The van der Waals surface area contributed by atoms with Gasteiger partial charge in [-0.15, -0.1) is 11.3 Å². The molecular weight excluding hydrogens is 288 g/mol.